The van der Waals surface area contributed by atoms with Gasteiger partial charge in [-0.3, -0.25) is 0 Å². The van der Waals surface area contributed by atoms with Gasteiger partial charge in [-0.1, -0.05) is 13.3 Å². The van der Waals surface area contributed by atoms with Gasteiger partial charge in [-0.05, 0) is 51.6 Å². The molecule has 84 valence electrons. The summed E-state index contributed by atoms with van der Waals surface area (Å²) < 4.78 is 0. The second kappa shape index (κ2) is 6.41. The predicted molar refractivity (Wildman–Crippen MR) is 62.3 cm³/mol. The van der Waals surface area contributed by atoms with E-state index in [0.29, 0.717) is 0 Å². The van der Waals surface area contributed by atoms with Crippen molar-refractivity contribution in [1.82, 2.24) is 4.90 Å². The summed E-state index contributed by atoms with van der Waals surface area (Å²) in [5.74, 6) is 0.903. The third-order valence-corrected chi connectivity index (χ3v) is 3.39. The first-order valence-corrected chi connectivity index (χ1v) is 6.18. The van der Waals surface area contributed by atoms with Crippen molar-refractivity contribution in [3.8, 4) is 0 Å². The largest absolute Gasteiger partial charge is 0.330 e. The Bertz CT molecular complexity index is 147. The SMILES string of the molecule is CC1CCCN(C(C)CCCCN)C1. The number of rotatable bonds is 5. The molecule has 0 aromatic rings. The van der Waals surface area contributed by atoms with Crippen LogP contribution < -0.4 is 5.73 Å². The van der Waals surface area contributed by atoms with E-state index >= 15 is 0 Å². The highest BCUT2D eigenvalue weighted by atomic mass is 15.2. The Labute approximate surface area is 88.8 Å². The maximum absolute atomic E-state index is 5.50. The minimum absolute atomic E-state index is 0.768. The fourth-order valence-electron chi connectivity index (χ4n) is 2.39. The van der Waals surface area contributed by atoms with E-state index in [9.17, 15) is 0 Å². The summed E-state index contributed by atoms with van der Waals surface area (Å²) in [6, 6.07) is 0.768. The van der Waals surface area contributed by atoms with E-state index in [1.807, 2.05) is 0 Å². The first-order chi connectivity index (χ1) is 6.74. The highest BCUT2D eigenvalue weighted by molar-refractivity contribution is 4.74. The first-order valence-electron chi connectivity index (χ1n) is 6.18. The van der Waals surface area contributed by atoms with Crippen LogP contribution in [0.25, 0.3) is 0 Å². The Morgan fingerprint density at radius 2 is 2.21 bits per heavy atom. The molecule has 1 aliphatic rings. The van der Waals surface area contributed by atoms with Crippen LogP contribution in [0.2, 0.25) is 0 Å². The summed E-state index contributed by atoms with van der Waals surface area (Å²) in [7, 11) is 0. The van der Waals surface area contributed by atoms with Crippen molar-refractivity contribution >= 4 is 0 Å². The molecule has 0 spiro atoms. The zero-order valence-electron chi connectivity index (χ0n) is 9.84. The molecule has 1 heterocycles. The molecule has 2 atom stereocenters. The van der Waals surface area contributed by atoms with Crippen LogP contribution in [0, 0.1) is 5.92 Å². The number of likely N-dealkylation sites (tertiary alicyclic amines) is 1. The Morgan fingerprint density at radius 3 is 2.86 bits per heavy atom. The number of unbranched alkanes of at least 4 members (excludes halogenated alkanes) is 1. The number of nitrogens with zero attached hydrogens (tertiary/aromatic N) is 1. The fourth-order valence-corrected chi connectivity index (χ4v) is 2.39. The number of nitrogens with two attached hydrogens (primary N) is 1. The third kappa shape index (κ3) is 3.97. The lowest BCUT2D eigenvalue weighted by molar-refractivity contribution is 0.131. The number of piperidine rings is 1. The van der Waals surface area contributed by atoms with Crippen LogP contribution >= 0.6 is 0 Å². The molecule has 0 aromatic heterocycles. The molecule has 2 nitrogen and oxygen atoms in total. The van der Waals surface area contributed by atoms with Gasteiger partial charge in [0.25, 0.3) is 0 Å². The summed E-state index contributed by atoms with van der Waals surface area (Å²) in [5.41, 5.74) is 5.50. The summed E-state index contributed by atoms with van der Waals surface area (Å²) in [4.78, 5) is 2.66. The normalized spacial score (nSPS) is 26.4. The summed E-state index contributed by atoms with van der Waals surface area (Å²) >= 11 is 0. The molecule has 0 aliphatic carbocycles. The van der Waals surface area contributed by atoms with E-state index in [4.69, 9.17) is 5.73 Å². The highest BCUT2D eigenvalue weighted by Crippen LogP contribution is 2.19. The van der Waals surface area contributed by atoms with Crippen LogP contribution in [0.15, 0.2) is 0 Å². The van der Waals surface area contributed by atoms with Gasteiger partial charge < -0.3 is 10.6 Å². The molecule has 0 amide bonds. The lowest BCUT2D eigenvalue weighted by Gasteiger charge is -2.35. The van der Waals surface area contributed by atoms with Crippen molar-refractivity contribution in [2.24, 2.45) is 11.7 Å². The topological polar surface area (TPSA) is 29.3 Å². The Morgan fingerprint density at radius 1 is 1.43 bits per heavy atom. The van der Waals surface area contributed by atoms with Gasteiger partial charge in [0, 0.05) is 12.6 Å². The third-order valence-electron chi connectivity index (χ3n) is 3.39. The van der Waals surface area contributed by atoms with Crippen molar-refractivity contribution in [2.45, 2.75) is 52.0 Å². The van der Waals surface area contributed by atoms with Gasteiger partial charge >= 0.3 is 0 Å². The van der Waals surface area contributed by atoms with Crippen LogP contribution in [-0.2, 0) is 0 Å². The molecule has 2 unspecified atom stereocenters. The number of hydrogen-bond donors (Lipinski definition) is 1. The van der Waals surface area contributed by atoms with Gasteiger partial charge in [-0.25, -0.2) is 0 Å². The summed E-state index contributed by atoms with van der Waals surface area (Å²) in [6.45, 7) is 8.22. The first kappa shape index (κ1) is 12.0. The molecular weight excluding hydrogens is 172 g/mol. The van der Waals surface area contributed by atoms with E-state index in [2.05, 4.69) is 18.7 Å². The molecule has 1 aliphatic heterocycles. The van der Waals surface area contributed by atoms with Crippen LogP contribution in [0.5, 0.6) is 0 Å². The molecule has 0 saturated carbocycles. The zero-order chi connectivity index (χ0) is 10.4. The zero-order valence-corrected chi connectivity index (χ0v) is 9.84. The van der Waals surface area contributed by atoms with Crippen molar-refractivity contribution in [3.05, 3.63) is 0 Å². The molecule has 1 fully saturated rings. The van der Waals surface area contributed by atoms with E-state index in [1.54, 1.807) is 0 Å². The van der Waals surface area contributed by atoms with Crippen molar-refractivity contribution in [2.75, 3.05) is 19.6 Å². The molecule has 0 bridgehead atoms. The lowest BCUT2D eigenvalue weighted by Crippen LogP contribution is -2.40. The van der Waals surface area contributed by atoms with Crippen LogP contribution in [0.3, 0.4) is 0 Å². The van der Waals surface area contributed by atoms with Crippen molar-refractivity contribution in [3.63, 3.8) is 0 Å². The number of hydrogen-bond acceptors (Lipinski definition) is 2. The quantitative estimate of drug-likeness (QED) is 0.686. The summed E-state index contributed by atoms with van der Waals surface area (Å²) in [5, 5.41) is 0. The maximum atomic E-state index is 5.50. The van der Waals surface area contributed by atoms with E-state index in [1.165, 1.54) is 45.2 Å². The van der Waals surface area contributed by atoms with Crippen LogP contribution in [0.1, 0.15) is 46.0 Å². The molecule has 2 heteroatoms. The second-order valence-corrected chi connectivity index (χ2v) is 4.88. The molecule has 0 aromatic carbocycles. The molecule has 1 rings (SSSR count). The molecule has 1 saturated heterocycles. The van der Waals surface area contributed by atoms with Gasteiger partial charge in [0.15, 0.2) is 0 Å². The highest BCUT2D eigenvalue weighted by Gasteiger charge is 2.20. The van der Waals surface area contributed by atoms with Crippen LogP contribution in [-0.4, -0.2) is 30.6 Å². The molecular formula is C12H26N2. The Balaban J connectivity index is 2.18. The smallest absolute Gasteiger partial charge is 0.00670 e. The van der Waals surface area contributed by atoms with Crippen molar-refractivity contribution in [1.29, 1.82) is 0 Å². The minimum atomic E-state index is 0.768. The van der Waals surface area contributed by atoms with Gasteiger partial charge in [0.1, 0.15) is 0 Å². The second-order valence-electron chi connectivity index (χ2n) is 4.88. The van der Waals surface area contributed by atoms with Gasteiger partial charge in [0.2, 0.25) is 0 Å². The average Bonchev–Trinajstić information content (AvgIpc) is 2.18. The monoisotopic (exact) mass is 198 g/mol. The lowest BCUT2D eigenvalue weighted by atomic mass is 9.98. The van der Waals surface area contributed by atoms with Gasteiger partial charge in [0.05, 0.1) is 0 Å². The van der Waals surface area contributed by atoms with Crippen molar-refractivity contribution < 1.29 is 0 Å². The Kier molecular flexibility index (Phi) is 5.49. The average molecular weight is 198 g/mol. The van der Waals surface area contributed by atoms with Gasteiger partial charge in [-0.15, -0.1) is 0 Å². The molecule has 2 N–H and O–H groups in total. The van der Waals surface area contributed by atoms with Crippen LogP contribution in [0.4, 0.5) is 0 Å². The van der Waals surface area contributed by atoms with E-state index in [-0.39, 0.29) is 0 Å². The fraction of sp³-hybridized carbons (Fsp3) is 1.00. The molecule has 14 heavy (non-hydrogen) atoms. The molecule has 0 radical (unpaired) electrons. The minimum Gasteiger partial charge on any atom is -0.330 e. The van der Waals surface area contributed by atoms with E-state index in [0.717, 1.165) is 18.5 Å². The maximum Gasteiger partial charge on any atom is 0.00670 e. The predicted octanol–water partition coefficient (Wildman–Crippen LogP) is 2.24. The standard InChI is InChI=1S/C12H26N2/c1-11-6-5-9-14(10-11)12(2)7-3-4-8-13/h11-12H,3-10,13H2,1-2H3. The van der Waals surface area contributed by atoms with E-state index < -0.39 is 0 Å². The van der Waals surface area contributed by atoms with Gasteiger partial charge in [-0.2, -0.15) is 0 Å². The summed E-state index contributed by atoms with van der Waals surface area (Å²) in [6.07, 6.45) is 6.62. The Hall–Kier alpha value is -0.0800.